The minimum absolute atomic E-state index is 0.370. The predicted molar refractivity (Wildman–Crippen MR) is 78.5 cm³/mol. The van der Waals surface area contributed by atoms with E-state index in [2.05, 4.69) is 20.1 Å². The summed E-state index contributed by atoms with van der Waals surface area (Å²) in [6.45, 7) is 2.99. The molecule has 0 aromatic carbocycles. The lowest BCUT2D eigenvalue weighted by Crippen LogP contribution is -2.60. The molecule has 13 heteroatoms. The zero-order valence-electron chi connectivity index (χ0n) is 13.6. The molecule has 1 saturated heterocycles. The monoisotopic (exact) mass is 356 g/mol. The highest BCUT2D eigenvalue weighted by Crippen LogP contribution is 2.29. The fraction of sp³-hybridized carbons (Fsp3) is 0.750. The third-order valence-corrected chi connectivity index (χ3v) is 3.04. The van der Waals surface area contributed by atoms with Gasteiger partial charge in [-0.15, -0.1) is 0 Å². The molecular formula is C12H16N6O7. The molecule has 1 aliphatic heterocycles. The first-order valence-corrected chi connectivity index (χ1v) is 7.01. The maximum atomic E-state index is 11.4. The maximum Gasteiger partial charge on any atom is 0.303 e. The molecule has 13 nitrogen and oxygen atoms in total. The summed E-state index contributed by atoms with van der Waals surface area (Å²) in [7, 11) is 0. The Bertz CT molecular complexity index is 627. The van der Waals surface area contributed by atoms with Gasteiger partial charge in [0, 0.05) is 30.6 Å². The van der Waals surface area contributed by atoms with Crippen LogP contribution in [0.3, 0.4) is 0 Å². The second-order valence-electron chi connectivity index (χ2n) is 4.92. The standard InChI is InChI=1S/C12H16N6O7/c1-5(19)22-4-8-10(23-6(2)20)11(24-7(3)21)9(15-17-13)12(25-8)16-18-14/h8-12H,4H2,1-3H3/t8-,9-,10-,11-,12-/m1/s1. The van der Waals surface area contributed by atoms with Gasteiger partial charge in [0.2, 0.25) is 0 Å². The van der Waals surface area contributed by atoms with Gasteiger partial charge < -0.3 is 18.9 Å². The van der Waals surface area contributed by atoms with Gasteiger partial charge in [0.05, 0.1) is 0 Å². The normalized spacial score (nSPS) is 27.9. The van der Waals surface area contributed by atoms with Crippen molar-refractivity contribution < 1.29 is 33.3 Å². The molecule has 5 atom stereocenters. The van der Waals surface area contributed by atoms with E-state index in [0.29, 0.717) is 0 Å². The van der Waals surface area contributed by atoms with E-state index in [4.69, 9.17) is 30.0 Å². The summed E-state index contributed by atoms with van der Waals surface area (Å²) in [4.78, 5) is 39.0. The molecule has 1 rings (SSSR count). The fourth-order valence-electron chi connectivity index (χ4n) is 2.23. The lowest BCUT2D eigenvalue weighted by molar-refractivity contribution is -0.219. The molecule has 1 aliphatic rings. The molecule has 0 radical (unpaired) electrons. The van der Waals surface area contributed by atoms with Crippen LogP contribution >= 0.6 is 0 Å². The molecule has 0 bridgehead atoms. The highest BCUT2D eigenvalue weighted by Gasteiger charge is 2.49. The first-order chi connectivity index (χ1) is 11.8. The lowest BCUT2D eigenvalue weighted by atomic mass is 9.96. The highest BCUT2D eigenvalue weighted by molar-refractivity contribution is 5.68. The number of ether oxygens (including phenoxy) is 4. The molecule has 1 fully saturated rings. The van der Waals surface area contributed by atoms with Crippen molar-refractivity contribution in [1.82, 2.24) is 0 Å². The molecular weight excluding hydrogens is 340 g/mol. The summed E-state index contributed by atoms with van der Waals surface area (Å²) in [6.07, 6.45) is -5.03. The van der Waals surface area contributed by atoms with Crippen LogP contribution in [0.5, 0.6) is 0 Å². The number of nitrogens with zero attached hydrogens (tertiary/aromatic N) is 6. The smallest absolute Gasteiger partial charge is 0.303 e. The first-order valence-electron chi connectivity index (χ1n) is 7.01. The van der Waals surface area contributed by atoms with Gasteiger partial charge in [-0.25, -0.2) is 0 Å². The van der Waals surface area contributed by atoms with E-state index in [1.54, 1.807) is 0 Å². The van der Waals surface area contributed by atoms with Crippen molar-refractivity contribution in [3.8, 4) is 0 Å². The SMILES string of the molecule is CC(=O)OC[C@H]1O[C@@H](N=[N+]=[N-])[C@H](N=[N+]=[N-])[C@@H](OC(C)=O)[C@@H]1OC(C)=O. The van der Waals surface area contributed by atoms with Gasteiger partial charge >= 0.3 is 17.9 Å². The number of azide groups is 2. The van der Waals surface area contributed by atoms with Crippen LogP contribution in [-0.2, 0) is 33.3 Å². The number of hydrogen-bond donors (Lipinski definition) is 0. The van der Waals surface area contributed by atoms with E-state index in [9.17, 15) is 14.4 Å². The number of rotatable bonds is 6. The molecule has 0 aromatic heterocycles. The minimum atomic E-state index is -1.36. The first kappa shape index (κ1) is 20.0. The second-order valence-corrected chi connectivity index (χ2v) is 4.92. The molecule has 0 spiro atoms. The summed E-state index contributed by atoms with van der Waals surface area (Å²) in [5.74, 6) is -2.12. The van der Waals surface area contributed by atoms with Crippen molar-refractivity contribution in [3.63, 3.8) is 0 Å². The summed E-state index contributed by atoms with van der Waals surface area (Å²) in [6, 6.07) is -1.29. The summed E-state index contributed by atoms with van der Waals surface area (Å²) in [5.41, 5.74) is 17.4. The number of esters is 3. The molecule has 0 aromatic rings. The molecule has 0 N–H and O–H groups in total. The van der Waals surface area contributed by atoms with Gasteiger partial charge in [0.15, 0.2) is 12.2 Å². The number of carbonyl (C=O) groups excluding carboxylic acids is 3. The molecule has 0 unspecified atom stereocenters. The van der Waals surface area contributed by atoms with Crippen LogP contribution in [-0.4, -0.2) is 55.1 Å². The summed E-state index contributed by atoms with van der Waals surface area (Å²) in [5, 5.41) is 6.77. The van der Waals surface area contributed by atoms with E-state index in [-0.39, 0.29) is 6.61 Å². The zero-order valence-corrected chi connectivity index (χ0v) is 13.6. The van der Waals surface area contributed by atoms with E-state index in [0.717, 1.165) is 20.8 Å². The van der Waals surface area contributed by atoms with Crippen LogP contribution in [0.4, 0.5) is 0 Å². The average Bonchev–Trinajstić information content (AvgIpc) is 2.50. The van der Waals surface area contributed by atoms with Crippen LogP contribution in [0.25, 0.3) is 20.9 Å². The third-order valence-electron chi connectivity index (χ3n) is 3.04. The van der Waals surface area contributed by atoms with E-state index in [1.165, 1.54) is 0 Å². The Kier molecular flexibility index (Phi) is 7.47. The Morgan fingerprint density at radius 1 is 0.960 bits per heavy atom. The van der Waals surface area contributed by atoms with Gasteiger partial charge in [-0.3, -0.25) is 14.4 Å². The minimum Gasteiger partial charge on any atom is -0.463 e. The Balaban J connectivity index is 3.28. The van der Waals surface area contributed by atoms with Crippen LogP contribution in [0.2, 0.25) is 0 Å². The lowest BCUT2D eigenvalue weighted by Gasteiger charge is -2.42. The summed E-state index contributed by atoms with van der Waals surface area (Å²) < 4.78 is 20.5. The number of carbonyl (C=O) groups is 3. The topological polar surface area (TPSA) is 186 Å². The molecule has 0 amide bonds. The van der Waals surface area contributed by atoms with E-state index in [1.807, 2.05) is 0 Å². The Morgan fingerprint density at radius 3 is 2.00 bits per heavy atom. The molecule has 1 heterocycles. The highest BCUT2D eigenvalue weighted by atomic mass is 16.6. The van der Waals surface area contributed by atoms with Gasteiger partial charge in [0.25, 0.3) is 0 Å². The van der Waals surface area contributed by atoms with Gasteiger partial charge in [0.1, 0.15) is 25.0 Å². The van der Waals surface area contributed by atoms with Crippen LogP contribution in [0, 0.1) is 0 Å². The molecule has 25 heavy (non-hydrogen) atoms. The van der Waals surface area contributed by atoms with Gasteiger partial charge in [-0.05, 0) is 11.1 Å². The predicted octanol–water partition coefficient (Wildman–Crippen LogP) is 1.13. The van der Waals surface area contributed by atoms with Crippen LogP contribution < -0.4 is 0 Å². The molecule has 136 valence electrons. The van der Waals surface area contributed by atoms with Crippen molar-refractivity contribution in [2.24, 2.45) is 10.2 Å². The number of hydrogen-bond acceptors (Lipinski definition) is 9. The van der Waals surface area contributed by atoms with Crippen molar-refractivity contribution in [2.75, 3.05) is 6.61 Å². The Labute approximate surface area is 141 Å². The maximum absolute atomic E-state index is 11.4. The van der Waals surface area contributed by atoms with Crippen LogP contribution in [0.15, 0.2) is 10.2 Å². The quantitative estimate of drug-likeness (QED) is 0.224. The van der Waals surface area contributed by atoms with Crippen molar-refractivity contribution in [2.45, 2.75) is 51.4 Å². The van der Waals surface area contributed by atoms with E-state index >= 15 is 0 Å². The van der Waals surface area contributed by atoms with Crippen molar-refractivity contribution in [3.05, 3.63) is 20.9 Å². The largest absolute Gasteiger partial charge is 0.463 e. The Hall–Kier alpha value is -3.01. The van der Waals surface area contributed by atoms with Gasteiger partial charge in [-0.1, -0.05) is 10.2 Å². The average molecular weight is 356 g/mol. The van der Waals surface area contributed by atoms with Crippen molar-refractivity contribution in [1.29, 1.82) is 0 Å². The zero-order chi connectivity index (χ0) is 19.0. The molecule has 0 aliphatic carbocycles. The fourth-order valence-corrected chi connectivity index (χ4v) is 2.23. The summed E-state index contributed by atoms with van der Waals surface area (Å²) >= 11 is 0. The second kappa shape index (κ2) is 9.33. The Morgan fingerprint density at radius 2 is 1.52 bits per heavy atom. The third kappa shape index (κ3) is 5.84. The van der Waals surface area contributed by atoms with Gasteiger partial charge in [-0.2, -0.15) is 0 Å². The van der Waals surface area contributed by atoms with Crippen LogP contribution in [0.1, 0.15) is 20.8 Å². The van der Waals surface area contributed by atoms with E-state index < -0.39 is 48.5 Å². The van der Waals surface area contributed by atoms with Crippen molar-refractivity contribution >= 4 is 17.9 Å². The molecule has 0 saturated carbocycles.